The molecule has 1 aliphatic carbocycles. The summed E-state index contributed by atoms with van der Waals surface area (Å²) >= 11 is 0. The number of carbonyl (C=O) groups excluding carboxylic acids is 1. The first kappa shape index (κ1) is 11.1. The number of anilines is 1. The molecule has 94 valence electrons. The van der Waals surface area contributed by atoms with Gasteiger partial charge < -0.3 is 4.90 Å². The number of fused-ring (bicyclic) bond motifs is 1. The molecule has 7 heteroatoms. The first-order chi connectivity index (χ1) is 8.75. The van der Waals surface area contributed by atoms with Crippen LogP contribution in [0.5, 0.6) is 0 Å². The molecule has 1 saturated carbocycles. The van der Waals surface area contributed by atoms with Gasteiger partial charge >= 0.3 is 0 Å². The van der Waals surface area contributed by atoms with Crippen LogP contribution in [0.15, 0.2) is 12.4 Å². The van der Waals surface area contributed by atoms with E-state index in [2.05, 4.69) is 25.4 Å². The van der Waals surface area contributed by atoms with Crippen molar-refractivity contribution in [2.24, 2.45) is 0 Å². The zero-order valence-electron chi connectivity index (χ0n) is 10.2. The van der Waals surface area contributed by atoms with Crippen molar-refractivity contribution in [3.63, 3.8) is 0 Å². The van der Waals surface area contributed by atoms with Gasteiger partial charge in [0.25, 0.3) is 0 Å². The van der Waals surface area contributed by atoms with Gasteiger partial charge in [0.15, 0.2) is 11.5 Å². The normalized spacial score (nSPS) is 17.3. The third-order valence-electron chi connectivity index (χ3n) is 3.51. The van der Waals surface area contributed by atoms with Crippen LogP contribution in [-0.4, -0.2) is 43.9 Å². The predicted octanol–water partition coefficient (Wildman–Crippen LogP) is 0.467. The number of rotatable bonds is 2. The van der Waals surface area contributed by atoms with Gasteiger partial charge in [0.1, 0.15) is 5.78 Å². The van der Waals surface area contributed by atoms with E-state index in [4.69, 9.17) is 0 Å². The Labute approximate surface area is 104 Å². The number of tetrazole rings is 1. The third-order valence-corrected chi connectivity index (χ3v) is 3.51. The number of nitrogens with zero attached hydrogens (tertiary/aromatic N) is 6. The fourth-order valence-electron chi connectivity index (χ4n) is 2.40. The van der Waals surface area contributed by atoms with Gasteiger partial charge in [0, 0.05) is 25.9 Å². The topological polar surface area (TPSA) is 76.3 Å². The minimum absolute atomic E-state index is 0.347. The van der Waals surface area contributed by atoms with Gasteiger partial charge in [-0.3, -0.25) is 9.78 Å². The molecule has 0 aliphatic heterocycles. The van der Waals surface area contributed by atoms with Crippen molar-refractivity contribution in [2.45, 2.75) is 31.7 Å². The van der Waals surface area contributed by atoms with E-state index in [0.717, 1.165) is 18.7 Å². The fraction of sp³-hybridized carbons (Fsp3) is 0.545. The summed E-state index contributed by atoms with van der Waals surface area (Å²) in [4.78, 5) is 17.5. The molecule has 7 nitrogen and oxygen atoms in total. The summed E-state index contributed by atoms with van der Waals surface area (Å²) in [5.41, 5.74) is 0.631. The Bertz CT molecular complexity index is 570. The van der Waals surface area contributed by atoms with Crippen molar-refractivity contribution in [3.05, 3.63) is 12.4 Å². The van der Waals surface area contributed by atoms with Crippen molar-refractivity contribution in [3.8, 4) is 0 Å². The van der Waals surface area contributed by atoms with Crippen molar-refractivity contribution >= 4 is 17.2 Å². The molecule has 0 aromatic carbocycles. The number of ketones is 1. The predicted molar refractivity (Wildman–Crippen MR) is 64.2 cm³/mol. The zero-order valence-corrected chi connectivity index (χ0v) is 10.2. The number of hydrogen-bond donors (Lipinski definition) is 0. The minimum Gasteiger partial charge on any atom is -0.355 e. The van der Waals surface area contributed by atoms with E-state index in [1.807, 2.05) is 7.05 Å². The molecule has 0 atom stereocenters. The smallest absolute Gasteiger partial charge is 0.199 e. The second kappa shape index (κ2) is 4.32. The van der Waals surface area contributed by atoms with Crippen LogP contribution in [0.3, 0.4) is 0 Å². The van der Waals surface area contributed by atoms with Gasteiger partial charge in [-0.15, -0.1) is 5.10 Å². The lowest BCUT2D eigenvalue weighted by molar-refractivity contribution is -0.120. The molecule has 0 spiro atoms. The Kier molecular flexibility index (Phi) is 2.66. The Hall–Kier alpha value is -2.05. The Morgan fingerprint density at radius 3 is 2.89 bits per heavy atom. The van der Waals surface area contributed by atoms with Crippen molar-refractivity contribution < 1.29 is 4.79 Å². The summed E-state index contributed by atoms with van der Waals surface area (Å²) in [6, 6.07) is 0.347. The molecule has 2 aromatic rings. The molecule has 0 N–H and O–H groups in total. The molecule has 3 rings (SSSR count). The van der Waals surface area contributed by atoms with Gasteiger partial charge in [-0.25, -0.2) is 0 Å². The van der Waals surface area contributed by atoms with E-state index < -0.39 is 0 Å². The summed E-state index contributed by atoms with van der Waals surface area (Å²) in [5.74, 6) is 1.22. The number of aromatic nitrogens is 5. The average molecular weight is 246 g/mol. The molecule has 2 aromatic heterocycles. The molecule has 2 heterocycles. The first-order valence-corrected chi connectivity index (χ1v) is 6.02. The Balaban J connectivity index is 1.89. The molecule has 0 radical (unpaired) electrons. The largest absolute Gasteiger partial charge is 0.355 e. The Morgan fingerprint density at radius 1 is 1.33 bits per heavy atom. The van der Waals surface area contributed by atoms with Gasteiger partial charge in [-0.05, 0) is 23.3 Å². The molecular weight excluding hydrogens is 232 g/mol. The third kappa shape index (κ3) is 1.81. The van der Waals surface area contributed by atoms with E-state index in [-0.39, 0.29) is 0 Å². The molecule has 0 saturated heterocycles. The highest BCUT2D eigenvalue weighted by molar-refractivity contribution is 5.79. The van der Waals surface area contributed by atoms with E-state index in [1.165, 1.54) is 0 Å². The molecular formula is C11H14N6O. The lowest BCUT2D eigenvalue weighted by Crippen LogP contribution is -2.36. The molecule has 1 aliphatic rings. The lowest BCUT2D eigenvalue weighted by Gasteiger charge is -2.31. The SMILES string of the molecule is CN(c1cncc2nnnn12)C1CCC(=O)CC1. The van der Waals surface area contributed by atoms with Gasteiger partial charge in [0.2, 0.25) is 0 Å². The average Bonchev–Trinajstić information content (AvgIpc) is 2.87. The van der Waals surface area contributed by atoms with Crippen LogP contribution in [0, 0.1) is 0 Å². The van der Waals surface area contributed by atoms with Gasteiger partial charge in [-0.1, -0.05) is 0 Å². The van der Waals surface area contributed by atoms with E-state index in [1.54, 1.807) is 16.9 Å². The monoisotopic (exact) mass is 246 g/mol. The van der Waals surface area contributed by atoms with Crippen LogP contribution in [-0.2, 0) is 4.79 Å². The van der Waals surface area contributed by atoms with Crippen molar-refractivity contribution in [2.75, 3.05) is 11.9 Å². The maximum Gasteiger partial charge on any atom is 0.199 e. The molecule has 1 fully saturated rings. The maximum absolute atomic E-state index is 11.3. The number of Topliss-reactive ketones (excluding diaryl/α,β-unsaturated/α-hetero) is 1. The minimum atomic E-state index is 0.347. The summed E-state index contributed by atoms with van der Waals surface area (Å²) in [5, 5.41) is 11.5. The fourth-order valence-corrected chi connectivity index (χ4v) is 2.40. The highest BCUT2D eigenvalue weighted by Crippen LogP contribution is 2.23. The maximum atomic E-state index is 11.3. The quantitative estimate of drug-likeness (QED) is 0.766. The highest BCUT2D eigenvalue weighted by atomic mass is 16.1. The number of hydrogen-bond acceptors (Lipinski definition) is 6. The molecule has 18 heavy (non-hydrogen) atoms. The Morgan fingerprint density at radius 2 is 2.11 bits per heavy atom. The first-order valence-electron chi connectivity index (χ1n) is 6.02. The van der Waals surface area contributed by atoms with Crippen molar-refractivity contribution in [1.82, 2.24) is 25.0 Å². The van der Waals surface area contributed by atoms with Crippen molar-refractivity contribution in [1.29, 1.82) is 0 Å². The van der Waals surface area contributed by atoms with Crippen LogP contribution >= 0.6 is 0 Å². The van der Waals surface area contributed by atoms with Gasteiger partial charge in [-0.2, -0.15) is 4.52 Å². The van der Waals surface area contributed by atoms with E-state index >= 15 is 0 Å². The summed E-state index contributed by atoms with van der Waals surface area (Å²) in [7, 11) is 2.00. The van der Waals surface area contributed by atoms with Crippen LogP contribution in [0.25, 0.3) is 5.65 Å². The summed E-state index contributed by atoms with van der Waals surface area (Å²) in [6.07, 6.45) is 6.46. The zero-order chi connectivity index (χ0) is 12.5. The van der Waals surface area contributed by atoms with Crippen LogP contribution in [0.4, 0.5) is 5.82 Å². The van der Waals surface area contributed by atoms with Crippen LogP contribution < -0.4 is 4.90 Å². The van der Waals surface area contributed by atoms with Gasteiger partial charge in [0.05, 0.1) is 12.4 Å². The second-order valence-electron chi connectivity index (χ2n) is 4.60. The highest BCUT2D eigenvalue weighted by Gasteiger charge is 2.24. The summed E-state index contributed by atoms with van der Waals surface area (Å²) < 4.78 is 1.67. The van der Waals surface area contributed by atoms with Crippen LogP contribution in [0.2, 0.25) is 0 Å². The van der Waals surface area contributed by atoms with E-state index in [9.17, 15) is 4.79 Å². The second-order valence-corrected chi connectivity index (χ2v) is 4.60. The molecule has 0 amide bonds. The lowest BCUT2D eigenvalue weighted by atomic mass is 9.93. The standard InChI is InChI=1S/C11H14N6O/c1-16(8-2-4-9(18)5-3-8)11-7-12-6-10-13-14-15-17(10)11/h6-8H,2-5H2,1H3. The number of carbonyl (C=O) groups is 1. The van der Waals surface area contributed by atoms with Crippen LogP contribution in [0.1, 0.15) is 25.7 Å². The molecule has 0 bridgehead atoms. The molecule has 0 unspecified atom stereocenters. The van der Waals surface area contributed by atoms with E-state index in [0.29, 0.717) is 30.3 Å². The summed E-state index contributed by atoms with van der Waals surface area (Å²) in [6.45, 7) is 0.